The lowest BCUT2D eigenvalue weighted by atomic mass is 9.96. The average Bonchev–Trinajstić information content (AvgIpc) is 2.44. The quantitative estimate of drug-likeness (QED) is 0.855. The second kappa shape index (κ2) is 6.76. The van der Waals surface area contributed by atoms with Crippen molar-refractivity contribution in [1.29, 1.82) is 0 Å². The summed E-state index contributed by atoms with van der Waals surface area (Å²) in [5, 5.41) is 3.08. The summed E-state index contributed by atoms with van der Waals surface area (Å²) in [6, 6.07) is 7.30. The molecule has 0 fully saturated rings. The molecule has 0 aliphatic rings. The highest BCUT2D eigenvalue weighted by molar-refractivity contribution is 5.35. The SMILES string of the molecule is CCCNC(c1ccc(C)cc1F)c1cc(F)ccc1F. The van der Waals surface area contributed by atoms with Gasteiger partial charge in [-0.15, -0.1) is 0 Å². The topological polar surface area (TPSA) is 12.0 Å². The molecule has 0 saturated carbocycles. The number of benzene rings is 2. The van der Waals surface area contributed by atoms with Crippen molar-refractivity contribution in [3.05, 3.63) is 70.5 Å². The van der Waals surface area contributed by atoms with E-state index in [1.165, 1.54) is 6.07 Å². The van der Waals surface area contributed by atoms with E-state index in [1.807, 2.05) is 6.92 Å². The maximum Gasteiger partial charge on any atom is 0.128 e. The lowest BCUT2D eigenvalue weighted by Gasteiger charge is -2.21. The first kappa shape index (κ1) is 15.6. The van der Waals surface area contributed by atoms with Crippen LogP contribution in [0, 0.1) is 24.4 Å². The van der Waals surface area contributed by atoms with Crippen LogP contribution >= 0.6 is 0 Å². The molecule has 2 rings (SSSR count). The predicted molar refractivity (Wildman–Crippen MR) is 77.6 cm³/mol. The Hall–Kier alpha value is -1.81. The van der Waals surface area contributed by atoms with Gasteiger partial charge in [0.25, 0.3) is 0 Å². The van der Waals surface area contributed by atoms with E-state index in [0.717, 1.165) is 30.2 Å². The summed E-state index contributed by atoms with van der Waals surface area (Å²) >= 11 is 0. The molecule has 0 radical (unpaired) electrons. The van der Waals surface area contributed by atoms with E-state index in [9.17, 15) is 13.2 Å². The minimum atomic E-state index is -0.707. The van der Waals surface area contributed by atoms with Gasteiger partial charge in [-0.2, -0.15) is 0 Å². The van der Waals surface area contributed by atoms with Crippen molar-refractivity contribution in [3.8, 4) is 0 Å². The van der Waals surface area contributed by atoms with Gasteiger partial charge in [0.05, 0.1) is 6.04 Å². The van der Waals surface area contributed by atoms with Crippen LogP contribution in [0.25, 0.3) is 0 Å². The molecular formula is C17H18F3N. The number of hydrogen-bond donors (Lipinski definition) is 1. The van der Waals surface area contributed by atoms with Crippen LogP contribution in [0.1, 0.15) is 36.1 Å². The Bertz CT molecular complexity index is 625. The molecule has 0 saturated heterocycles. The highest BCUT2D eigenvalue weighted by atomic mass is 19.1. The zero-order valence-corrected chi connectivity index (χ0v) is 12.1. The number of hydrogen-bond acceptors (Lipinski definition) is 1. The Labute approximate surface area is 122 Å². The number of nitrogens with one attached hydrogen (secondary N) is 1. The normalized spacial score (nSPS) is 12.4. The fraction of sp³-hybridized carbons (Fsp3) is 0.294. The van der Waals surface area contributed by atoms with Gasteiger partial charge in [0, 0.05) is 11.1 Å². The van der Waals surface area contributed by atoms with E-state index >= 15 is 0 Å². The number of rotatable bonds is 5. The largest absolute Gasteiger partial charge is 0.306 e. The molecule has 4 heteroatoms. The number of aryl methyl sites for hydroxylation is 1. The Morgan fingerprint density at radius 1 is 0.952 bits per heavy atom. The Kier molecular flexibility index (Phi) is 5.02. The molecule has 1 unspecified atom stereocenters. The van der Waals surface area contributed by atoms with Crippen molar-refractivity contribution in [2.24, 2.45) is 0 Å². The fourth-order valence-corrected chi connectivity index (χ4v) is 2.28. The van der Waals surface area contributed by atoms with Crippen LogP contribution in [-0.2, 0) is 0 Å². The third kappa shape index (κ3) is 3.64. The van der Waals surface area contributed by atoms with Crippen LogP contribution in [0.3, 0.4) is 0 Å². The second-order valence-corrected chi connectivity index (χ2v) is 5.08. The molecule has 1 N–H and O–H groups in total. The Balaban J connectivity index is 2.49. The van der Waals surface area contributed by atoms with Crippen molar-refractivity contribution in [3.63, 3.8) is 0 Å². The second-order valence-electron chi connectivity index (χ2n) is 5.08. The molecule has 0 spiro atoms. The molecule has 2 aromatic rings. The van der Waals surface area contributed by atoms with Crippen molar-refractivity contribution >= 4 is 0 Å². The smallest absolute Gasteiger partial charge is 0.128 e. The third-order valence-corrected chi connectivity index (χ3v) is 3.33. The summed E-state index contributed by atoms with van der Waals surface area (Å²) in [5.41, 5.74) is 1.22. The molecular weight excluding hydrogens is 275 g/mol. The average molecular weight is 293 g/mol. The summed E-state index contributed by atoms with van der Waals surface area (Å²) in [6.07, 6.45) is 0.806. The number of halogens is 3. The van der Waals surface area contributed by atoms with Crippen molar-refractivity contribution in [2.75, 3.05) is 6.54 Å². The molecule has 112 valence electrons. The fourth-order valence-electron chi connectivity index (χ4n) is 2.28. The molecule has 0 heterocycles. The molecule has 21 heavy (non-hydrogen) atoms. The molecule has 0 aliphatic heterocycles. The zero-order valence-electron chi connectivity index (χ0n) is 12.1. The van der Waals surface area contributed by atoms with Gasteiger partial charge >= 0.3 is 0 Å². The van der Waals surface area contributed by atoms with Gasteiger partial charge in [-0.05, 0) is 49.7 Å². The van der Waals surface area contributed by atoms with Gasteiger partial charge in [0.2, 0.25) is 0 Å². The standard InChI is InChI=1S/C17H18F3N/c1-3-8-21-17(13-6-4-11(2)9-16(13)20)14-10-12(18)5-7-15(14)19/h4-7,9-10,17,21H,3,8H2,1-2H3. The van der Waals surface area contributed by atoms with Gasteiger partial charge in [0.15, 0.2) is 0 Å². The van der Waals surface area contributed by atoms with Crippen molar-refractivity contribution < 1.29 is 13.2 Å². The van der Waals surface area contributed by atoms with E-state index < -0.39 is 23.5 Å². The highest BCUT2D eigenvalue weighted by Crippen LogP contribution is 2.27. The first-order valence-corrected chi connectivity index (χ1v) is 6.97. The highest BCUT2D eigenvalue weighted by Gasteiger charge is 2.21. The molecule has 0 aromatic heterocycles. The van der Waals surface area contributed by atoms with E-state index in [1.54, 1.807) is 19.1 Å². The van der Waals surface area contributed by atoms with Crippen LogP contribution in [0.2, 0.25) is 0 Å². The minimum absolute atomic E-state index is 0.117. The lowest BCUT2D eigenvalue weighted by molar-refractivity contribution is 0.513. The Morgan fingerprint density at radius 3 is 2.38 bits per heavy atom. The van der Waals surface area contributed by atoms with E-state index in [2.05, 4.69) is 5.32 Å². The zero-order chi connectivity index (χ0) is 15.4. The molecule has 1 atom stereocenters. The van der Waals surface area contributed by atoms with Crippen LogP contribution in [0.4, 0.5) is 13.2 Å². The Morgan fingerprint density at radius 2 is 1.71 bits per heavy atom. The van der Waals surface area contributed by atoms with Gasteiger partial charge in [0.1, 0.15) is 17.5 Å². The molecule has 2 aromatic carbocycles. The van der Waals surface area contributed by atoms with Crippen LogP contribution < -0.4 is 5.32 Å². The van der Waals surface area contributed by atoms with Gasteiger partial charge in [-0.1, -0.05) is 19.1 Å². The minimum Gasteiger partial charge on any atom is -0.306 e. The summed E-state index contributed by atoms with van der Waals surface area (Å²) in [4.78, 5) is 0. The maximum absolute atomic E-state index is 14.2. The molecule has 0 bridgehead atoms. The van der Waals surface area contributed by atoms with Gasteiger partial charge < -0.3 is 5.32 Å². The third-order valence-electron chi connectivity index (χ3n) is 3.33. The van der Waals surface area contributed by atoms with Gasteiger partial charge in [-0.3, -0.25) is 0 Å². The molecule has 0 aliphatic carbocycles. The first-order valence-electron chi connectivity index (χ1n) is 6.97. The van der Waals surface area contributed by atoms with E-state index in [4.69, 9.17) is 0 Å². The van der Waals surface area contributed by atoms with Crippen LogP contribution in [0.5, 0.6) is 0 Å². The van der Waals surface area contributed by atoms with Crippen LogP contribution in [-0.4, -0.2) is 6.54 Å². The van der Waals surface area contributed by atoms with Gasteiger partial charge in [-0.25, -0.2) is 13.2 Å². The maximum atomic E-state index is 14.2. The van der Waals surface area contributed by atoms with Crippen LogP contribution in [0.15, 0.2) is 36.4 Å². The summed E-state index contributed by atoms with van der Waals surface area (Å²) in [7, 11) is 0. The first-order chi connectivity index (χ1) is 10.0. The van der Waals surface area contributed by atoms with E-state index in [-0.39, 0.29) is 5.56 Å². The summed E-state index contributed by atoms with van der Waals surface area (Å²) < 4.78 is 41.6. The monoisotopic (exact) mass is 293 g/mol. The molecule has 0 amide bonds. The van der Waals surface area contributed by atoms with E-state index in [0.29, 0.717) is 12.1 Å². The van der Waals surface area contributed by atoms with Crippen molar-refractivity contribution in [1.82, 2.24) is 5.32 Å². The summed E-state index contributed by atoms with van der Waals surface area (Å²) in [5.74, 6) is -1.51. The predicted octanol–water partition coefficient (Wildman–Crippen LogP) is 4.50. The van der Waals surface area contributed by atoms with Crippen molar-refractivity contribution in [2.45, 2.75) is 26.3 Å². The summed E-state index contributed by atoms with van der Waals surface area (Å²) in [6.45, 7) is 4.32. The lowest BCUT2D eigenvalue weighted by Crippen LogP contribution is -2.25. The molecule has 1 nitrogen and oxygen atoms in total.